The summed E-state index contributed by atoms with van der Waals surface area (Å²) >= 11 is 0. The zero-order chi connectivity index (χ0) is 18.7. The zero-order valence-corrected chi connectivity index (χ0v) is 13.4. The smallest absolute Gasteiger partial charge is 0.361 e. The molecule has 0 amide bonds. The van der Waals surface area contributed by atoms with Crippen molar-refractivity contribution >= 4 is 17.5 Å². The van der Waals surface area contributed by atoms with Crippen molar-refractivity contribution in [1.82, 2.24) is 20.2 Å². The molecule has 3 aromatic rings. The molecule has 0 bridgehead atoms. The number of ether oxygens (including phenoxy) is 1. The average Bonchev–Trinajstić information content (AvgIpc) is 3.12. The lowest BCUT2D eigenvalue weighted by atomic mass is 10.2. The van der Waals surface area contributed by atoms with E-state index >= 15 is 0 Å². The van der Waals surface area contributed by atoms with Gasteiger partial charge in [0.15, 0.2) is 17.6 Å². The number of carbonyl (C=O) groups excluding carboxylic acids is 1. The standard InChI is InChI=1S/C15H12N6O5/c1-8(25-15(22)11-12(16)18-7-6-17-11)13-19-20-14(26-13)9-2-4-10(5-3-9)21(23)24/h2-8H,1H3,(H2,16,18). The van der Waals surface area contributed by atoms with Gasteiger partial charge in [0.25, 0.3) is 11.6 Å². The van der Waals surface area contributed by atoms with Crippen molar-refractivity contribution < 1.29 is 18.9 Å². The topological polar surface area (TPSA) is 160 Å². The normalized spacial score (nSPS) is 11.7. The van der Waals surface area contributed by atoms with Crippen molar-refractivity contribution in [3.63, 3.8) is 0 Å². The monoisotopic (exact) mass is 356 g/mol. The molecule has 26 heavy (non-hydrogen) atoms. The third-order valence-corrected chi connectivity index (χ3v) is 3.32. The van der Waals surface area contributed by atoms with Gasteiger partial charge in [-0.05, 0) is 19.1 Å². The van der Waals surface area contributed by atoms with E-state index in [1.54, 1.807) is 0 Å². The second kappa shape index (κ2) is 6.93. The maximum Gasteiger partial charge on any atom is 0.361 e. The number of nitro groups is 1. The molecule has 0 radical (unpaired) electrons. The number of nitrogen functional groups attached to an aromatic ring is 1. The van der Waals surface area contributed by atoms with E-state index in [0.717, 1.165) is 0 Å². The van der Waals surface area contributed by atoms with Gasteiger partial charge < -0.3 is 14.9 Å². The van der Waals surface area contributed by atoms with Crippen LogP contribution in [0.2, 0.25) is 0 Å². The predicted octanol–water partition coefficient (Wildman–Crippen LogP) is 1.93. The number of aromatic nitrogens is 4. The van der Waals surface area contributed by atoms with E-state index in [2.05, 4.69) is 20.2 Å². The van der Waals surface area contributed by atoms with Gasteiger partial charge in [0, 0.05) is 30.1 Å². The molecule has 0 saturated carbocycles. The van der Waals surface area contributed by atoms with E-state index in [1.807, 2.05) is 0 Å². The maximum absolute atomic E-state index is 12.1. The molecule has 1 aromatic carbocycles. The summed E-state index contributed by atoms with van der Waals surface area (Å²) in [6.45, 7) is 1.54. The van der Waals surface area contributed by atoms with Gasteiger partial charge in [-0.1, -0.05) is 0 Å². The molecule has 2 N–H and O–H groups in total. The van der Waals surface area contributed by atoms with Gasteiger partial charge in [0.2, 0.25) is 5.89 Å². The minimum absolute atomic E-state index is 0.0502. The van der Waals surface area contributed by atoms with E-state index < -0.39 is 17.0 Å². The molecule has 0 aliphatic rings. The first kappa shape index (κ1) is 17.0. The van der Waals surface area contributed by atoms with Crippen molar-refractivity contribution in [2.24, 2.45) is 0 Å². The van der Waals surface area contributed by atoms with E-state index in [1.165, 1.54) is 43.6 Å². The van der Waals surface area contributed by atoms with E-state index in [9.17, 15) is 14.9 Å². The van der Waals surface area contributed by atoms with Crippen LogP contribution in [-0.4, -0.2) is 31.1 Å². The summed E-state index contributed by atoms with van der Waals surface area (Å²) in [6, 6.07) is 5.59. The van der Waals surface area contributed by atoms with Gasteiger partial charge in [-0.15, -0.1) is 10.2 Å². The Morgan fingerprint density at radius 1 is 1.23 bits per heavy atom. The van der Waals surface area contributed by atoms with Crippen molar-refractivity contribution in [2.75, 3.05) is 5.73 Å². The summed E-state index contributed by atoms with van der Waals surface area (Å²) in [5.74, 6) is -0.647. The first-order chi connectivity index (χ1) is 12.5. The number of rotatable bonds is 5. The van der Waals surface area contributed by atoms with Gasteiger partial charge >= 0.3 is 5.97 Å². The van der Waals surface area contributed by atoms with Gasteiger partial charge in [-0.3, -0.25) is 10.1 Å². The summed E-state index contributed by atoms with van der Waals surface area (Å²) in [5.41, 5.74) is 5.89. The molecule has 11 heteroatoms. The Morgan fingerprint density at radius 3 is 2.58 bits per heavy atom. The van der Waals surface area contributed by atoms with Crippen LogP contribution in [-0.2, 0) is 4.74 Å². The fourth-order valence-electron chi connectivity index (χ4n) is 2.01. The highest BCUT2D eigenvalue weighted by molar-refractivity contribution is 5.91. The fourth-order valence-corrected chi connectivity index (χ4v) is 2.01. The molecule has 0 aliphatic carbocycles. The van der Waals surface area contributed by atoms with Crippen LogP contribution in [0.15, 0.2) is 41.1 Å². The Kier molecular flexibility index (Phi) is 4.51. The van der Waals surface area contributed by atoms with Gasteiger partial charge in [-0.25, -0.2) is 14.8 Å². The Bertz CT molecular complexity index is 955. The summed E-state index contributed by atoms with van der Waals surface area (Å²) in [5, 5.41) is 18.3. The van der Waals surface area contributed by atoms with Crippen LogP contribution < -0.4 is 5.73 Å². The number of anilines is 1. The minimum Gasteiger partial charge on any atom is -0.448 e. The Balaban J connectivity index is 1.73. The van der Waals surface area contributed by atoms with Crippen molar-refractivity contribution in [3.05, 3.63) is 58.4 Å². The molecule has 132 valence electrons. The molecule has 1 unspecified atom stereocenters. The van der Waals surface area contributed by atoms with Crippen LogP contribution >= 0.6 is 0 Å². The minimum atomic E-state index is -0.858. The number of nitrogens with two attached hydrogens (primary N) is 1. The molecule has 11 nitrogen and oxygen atoms in total. The van der Waals surface area contributed by atoms with Crippen LogP contribution in [0.5, 0.6) is 0 Å². The largest absolute Gasteiger partial charge is 0.448 e. The molecular weight excluding hydrogens is 344 g/mol. The lowest BCUT2D eigenvalue weighted by Gasteiger charge is -2.09. The third kappa shape index (κ3) is 3.45. The Morgan fingerprint density at radius 2 is 1.92 bits per heavy atom. The molecule has 0 spiro atoms. The van der Waals surface area contributed by atoms with Crippen LogP contribution in [0.1, 0.15) is 29.4 Å². The molecule has 2 aromatic heterocycles. The Hall–Kier alpha value is -3.89. The van der Waals surface area contributed by atoms with Crippen LogP contribution in [0.4, 0.5) is 11.5 Å². The molecule has 0 saturated heterocycles. The molecule has 1 atom stereocenters. The second-order valence-corrected chi connectivity index (χ2v) is 5.09. The number of esters is 1. The molecular formula is C15H12N6O5. The first-order valence-electron chi connectivity index (χ1n) is 7.31. The summed E-state index contributed by atoms with van der Waals surface area (Å²) in [7, 11) is 0. The molecule has 2 heterocycles. The Labute approximate surface area is 146 Å². The van der Waals surface area contributed by atoms with Crippen LogP contribution in [0, 0.1) is 10.1 Å². The predicted molar refractivity (Wildman–Crippen MR) is 86.7 cm³/mol. The molecule has 0 aliphatic heterocycles. The second-order valence-electron chi connectivity index (χ2n) is 5.09. The number of benzene rings is 1. The average molecular weight is 356 g/mol. The number of hydrogen-bond donors (Lipinski definition) is 1. The van der Waals surface area contributed by atoms with Gasteiger partial charge in [-0.2, -0.15) is 0 Å². The van der Waals surface area contributed by atoms with Gasteiger partial charge in [0.1, 0.15) is 0 Å². The number of carbonyl (C=O) groups is 1. The van der Waals surface area contributed by atoms with Crippen LogP contribution in [0.25, 0.3) is 11.5 Å². The quantitative estimate of drug-likeness (QED) is 0.406. The number of nitro benzene ring substituents is 1. The summed E-state index contributed by atoms with van der Waals surface area (Å²) < 4.78 is 10.7. The highest BCUT2D eigenvalue weighted by atomic mass is 16.6. The van der Waals surface area contributed by atoms with E-state index in [4.69, 9.17) is 14.9 Å². The van der Waals surface area contributed by atoms with Crippen molar-refractivity contribution in [3.8, 4) is 11.5 Å². The summed E-state index contributed by atoms with van der Waals surface area (Å²) in [4.78, 5) is 29.8. The van der Waals surface area contributed by atoms with E-state index in [-0.39, 0.29) is 29.0 Å². The lowest BCUT2D eigenvalue weighted by Crippen LogP contribution is -2.14. The first-order valence-corrected chi connectivity index (χ1v) is 7.31. The van der Waals surface area contributed by atoms with Gasteiger partial charge in [0.05, 0.1) is 4.92 Å². The fraction of sp³-hybridized carbons (Fsp3) is 0.133. The number of nitrogens with zero attached hydrogens (tertiary/aromatic N) is 5. The lowest BCUT2D eigenvalue weighted by molar-refractivity contribution is -0.384. The van der Waals surface area contributed by atoms with Crippen LogP contribution in [0.3, 0.4) is 0 Å². The number of hydrogen-bond acceptors (Lipinski definition) is 10. The number of non-ortho nitro benzene ring substituents is 1. The van der Waals surface area contributed by atoms with Crippen molar-refractivity contribution in [2.45, 2.75) is 13.0 Å². The summed E-state index contributed by atoms with van der Waals surface area (Å²) in [6.07, 6.45) is 1.81. The SMILES string of the molecule is CC(OC(=O)c1nccnc1N)c1nnc(-c2ccc([N+](=O)[O-])cc2)o1. The molecule has 3 rings (SSSR count). The zero-order valence-electron chi connectivity index (χ0n) is 13.4. The highest BCUT2D eigenvalue weighted by Crippen LogP contribution is 2.24. The highest BCUT2D eigenvalue weighted by Gasteiger charge is 2.22. The van der Waals surface area contributed by atoms with E-state index in [0.29, 0.717) is 5.56 Å². The van der Waals surface area contributed by atoms with Crippen molar-refractivity contribution in [1.29, 1.82) is 0 Å². The molecule has 0 fully saturated rings. The maximum atomic E-state index is 12.1. The third-order valence-electron chi connectivity index (χ3n) is 3.32.